The molecule has 4 aromatic carbocycles. The van der Waals surface area contributed by atoms with Gasteiger partial charge in [0.15, 0.2) is 0 Å². The lowest BCUT2D eigenvalue weighted by Crippen LogP contribution is -2.42. The fourth-order valence-electron chi connectivity index (χ4n) is 4.79. The minimum atomic E-state index is -1.25. The van der Waals surface area contributed by atoms with Gasteiger partial charge >= 0.3 is 12.1 Å². The molecule has 0 fully saturated rings. The van der Waals surface area contributed by atoms with E-state index in [9.17, 15) is 24.2 Å². The Balaban J connectivity index is 1.27. The summed E-state index contributed by atoms with van der Waals surface area (Å²) in [5.74, 6) is -1.79. The lowest BCUT2D eigenvalue weighted by atomic mass is 9.98. The van der Waals surface area contributed by atoms with Crippen LogP contribution in [0.25, 0.3) is 22.3 Å². The Morgan fingerprint density at radius 2 is 1.49 bits per heavy atom. The molecule has 1 aliphatic rings. The van der Waals surface area contributed by atoms with E-state index in [1.54, 1.807) is 12.1 Å². The Labute approximate surface area is 213 Å². The number of hydrogen-bond donors (Lipinski definition) is 3. The zero-order chi connectivity index (χ0) is 25.9. The van der Waals surface area contributed by atoms with Crippen molar-refractivity contribution in [2.45, 2.75) is 18.4 Å². The molecule has 0 aliphatic heterocycles. The number of fused-ring (bicyclic) bond motifs is 3. The van der Waals surface area contributed by atoms with Crippen LogP contribution in [0.2, 0.25) is 0 Å². The molecular weight excluding hydrogens is 473 g/mol. The topological polar surface area (TPSA) is 95.9 Å². The lowest BCUT2D eigenvalue weighted by molar-refractivity contribution is -0.139. The molecule has 0 saturated carbocycles. The standard InChI is InChI=1S/C30H24FNO5/c31-20-12-10-19(11-13-20)25-15-18(9-14-28(25)33)16-27(29(34)35)32-30(36)37-17-26-23-7-3-1-5-21(23)22-6-2-4-8-24(22)26/h1-15,26-27,33H,16-17H2,(H,32,36)(H,34,35)/t27-/m0/s1. The minimum absolute atomic E-state index is 0.0215. The van der Waals surface area contributed by atoms with Crippen molar-refractivity contribution in [3.05, 3.63) is 114 Å². The number of aromatic hydroxyl groups is 1. The Hall–Kier alpha value is -4.65. The molecule has 0 radical (unpaired) electrons. The number of amides is 1. The number of halogens is 1. The van der Waals surface area contributed by atoms with Crippen LogP contribution in [0, 0.1) is 5.82 Å². The predicted molar refractivity (Wildman–Crippen MR) is 137 cm³/mol. The molecule has 0 unspecified atom stereocenters. The summed E-state index contributed by atoms with van der Waals surface area (Å²) < 4.78 is 18.8. The molecule has 0 bridgehead atoms. The quantitative estimate of drug-likeness (QED) is 0.303. The van der Waals surface area contributed by atoms with Gasteiger partial charge in [0, 0.05) is 17.9 Å². The molecule has 0 heterocycles. The first-order valence-corrected chi connectivity index (χ1v) is 11.8. The number of benzene rings is 4. The Kier molecular flexibility index (Phi) is 6.60. The normalized spacial score (nSPS) is 12.9. The van der Waals surface area contributed by atoms with Crippen molar-refractivity contribution in [1.29, 1.82) is 0 Å². The first-order chi connectivity index (χ1) is 17.9. The smallest absolute Gasteiger partial charge is 0.407 e. The third-order valence-corrected chi connectivity index (χ3v) is 6.59. The van der Waals surface area contributed by atoms with Gasteiger partial charge in [-0.15, -0.1) is 0 Å². The summed E-state index contributed by atoms with van der Waals surface area (Å²) in [5.41, 5.74) is 5.90. The predicted octanol–water partition coefficient (Wildman–Crippen LogP) is 5.73. The molecule has 37 heavy (non-hydrogen) atoms. The summed E-state index contributed by atoms with van der Waals surface area (Å²) in [4.78, 5) is 24.6. The van der Waals surface area contributed by atoms with Crippen molar-refractivity contribution in [2.24, 2.45) is 0 Å². The molecule has 6 nitrogen and oxygen atoms in total. The highest BCUT2D eigenvalue weighted by Crippen LogP contribution is 2.44. The van der Waals surface area contributed by atoms with E-state index in [0.717, 1.165) is 22.3 Å². The summed E-state index contributed by atoms with van der Waals surface area (Å²) in [5, 5.41) is 22.4. The third kappa shape index (κ3) is 5.02. The number of rotatable bonds is 7. The maximum atomic E-state index is 13.3. The van der Waals surface area contributed by atoms with Crippen LogP contribution in [-0.4, -0.2) is 34.9 Å². The number of hydrogen-bond acceptors (Lipinski definition) is 4. The molecule has 5 rings (SSSR count). The van der Waals surface area contributed by atoms with Gasteiger partial charge < -0.3 is 20.3 Å². The summed E-state index contributed by atoms with van der Waals surface area (Å²) in [6.45, 7) is 0.0696. The number of aliphatic carboxylic acids is 1. The Morgan fingerprint density at radius 3 is 2.11 bits per heavy atom. The fourth-order valence-corrected chi connectivity index (χ4v) is 4.79. The van der Waals surface area contributed by atoms with Crippen LogP contribution in [0.15, 0.2) is 91.0 Å². The van der Waals surface area contributed by atoms with Crippen LogP contribution in [-0.2, 0) is 16.0 Å². The minimum Gasteiger partial charge on any atom is -0.507 e. The second-order valence-corrected chi connectivity index (χ2v) is 8.92. The maximum absolute atomic E-state index is 13.3. The third-order valence-electron chi connectivity index (χ3n) is 6.59. The number of nitrogens with one attached hydrogen (secondary N) is 1. The monoisotopic (exact) mass is 497 g/mol. The number of phenolic OH excluding ortho intramolecular Hbond substituents is 1. The second kappa shape index (κ2) is 10.1. The van der Waals surface area contributed by atoms with E-state index in [2.05, 4.69) is 5.32 Å². The highest BCUT2D eigenvalue weighted by molar-refractivity contribution is 5.81. The lowest BCUT2D eigenvalue weighted by Gasteiger charge is -2.18. The van der Waals surface area contributed by atoms with Crippen LogP contribution < -0.4 is 5.32 Å². The van der Waals surface area contributed by atoms with Gasteiger partial charge in [0.25, 0.3) is 0 Å². The Morgan fingerprint density at radius 1 is 0.865 bits per heavy atom. The largest absolute Gasteiger partial charge is 0.507 e. The first-order valence-electron chi connectivity index (χ1n) is 11.8. The zero-order valence-corrected chi connectivity index (χ0v) is 19.7. The van der Waals surface area contributed by atoms with Crippen molar-refractivity contribution in [1.82, 2.24) is 5.32 Å². The van der Waals surface area contributed by atoms with E-state index in [1.807, 2.05) is 48.5 Å². The van der Waals surface area contributed by atoms with Crippen LogP contribution in [0.1, 0.15) is 22.6 Å². The number of carbonyl (C=O) groups excluding carboxylic acids is 1. The van der Waals surface area contributed by atoms with Gasteiger partial charge in [-0.1, -0.05) is 66.7 Å². The first kappa shape index (κ1) is 24.1. The van der Waals surface area contributed by atoms with Crippen LogP contribution in [0.3, 0.4) is 0 Å². The van der Waals surface area contributed by atoms with Gasteiger partial charge in [-0.05, 0) is 57.6 Å². The number of ether oxygens (including phenoxy) is 1. The van der Waals surface area contributed by atoms with Gasteiger partial charge in [0.2, 0.25) is 0 Å². The molecule has 186 valence electrons. The van der Waals surface area contributed by atoms with E-state index in [0.29, 0.717) is 16.7 Å². The van der Waals surface area contributed by atoms with Gasteiger partial charge in [-0.3, -0.25) is 0 Å². The van der Waals surface area contributed by atoms with Crippen molar-refractivity contribution >= 4 is 12.1 Å². The van der Waals surface area contributed by atoms with E-state index in [1.165, 1.54) is 30.3 Å². The molecule has 1 amide bonds. The molecule has 1 atom stereocenters. The highest BCUT2D eigenvalue weighted by atomic mass is 19.1. The zero-order valence-electron chi connectivity index (χ0n) is 19.7. The van der Waals surface area contributed by atoms with Crippen LogP contribution in [0.5, 0.6) is 5.75 Å². The summed E-state index contributed by atoms with van der Waals surface area (Å²) >= 11 is 0. The SMILES string of the molecule is O=C(N[C@@H](Cc1ccc(O)c(-c2ccc(F)cc2)c1)C(=O)O)OCC1c2ccccc2-c2ccccc21. The number of phenols is 1. The van der Waals surface area contributed by atoms with E-state index in [-0.39, 0.29) is 24.7 Å². The molecular formula is C30H24FNO5. The van der Waals surface area contributed by atoms with Crippen LogP contribution in [0.4, 0.5) is 9.18 Å². The van der Waals surface area contributed by atoms with Gasteiger partial charge in [0.05, 0.1) is 0 Å². The molecule has 0 spiro atoms. The molecule has 0 saturated heterocycles. The second-order valence-electron chi connectivity index (χ2n) is 8.92. The van der Waals surface area contributed by atoms with Gasteiger partial charge in [-0.2, -0.15) is 0 Å². The Bertz CT molecular complexity index is 1420. The number of alkyl carbamates (subject to hydrolysis) is 1. The van der Waals surface area contributed by atoms with Crippen molar-refractivity contribution < 1.29 is 28.9 Å². The average Bonchev–Trinajstić information content (AvgIpc) is 3.22. The highest BCUT2D eigenvalue weighted by Gasteiger charge is 2.30. The molecule has 1 aliphatic carbocycles. The van der Waals surface area contributed by atoms with Crippen molar-refractivity contribution in [3.8, 4) is 28.0 Å². The maximum Gasteiger partial charge on any atom is 0.407 e. The fraction of sp³-hybridized carbons (Fsp3) is 0.133. The molecule has 7 heteroatoms. The average molecular weight is 498 g/mol. The summed E-state index contributed by atoms with van der Waals surface area (Å²) in [6, 6.07) is 24.9. The van der Waals surface area contributed by atoms with Gasteiger partial charge in [0.1, 0.15) is 24.2 Å². The van der Waals surface area contributed by atoms with E-state index >= 15 is 0 Å². The number of carbonyl (C=O) groups is 2. The van der Waals surface area contributed by atoms with E-state index < -0.39 is 23.9 Å². The van der Waals surface area contributed by atoms with Crippen molar-refractivity contribution in [3.63, 3.8) is 0 Å². The summed E-state index contributed by atoms with van der Waals surface area (Å²) in [7, 11) is 0. The van der Waals surface area contributed by atoms with Gasteiger partial charge in [-0.25, -0.2) is 14.0 Å². The molecule has 3 N–H and O–H groups in total. The molecule has 4 aromatic rings. The van der Waals surface area contributed by atoms with Crippen molar-refractivity contribution in [2.75, 3.05) is 6.61 Å². The van der Waals surface area contributed by atoms with Crippen LogP contribution >= 0.6 is 0 Å². The molecule has 0 aromatic heterocycles. The number of carboxylic acids is 1. The van der Waals surface area contributed by atoms with E-state index in [4.69, 9.17) is 4.74 Å². The number of carboxylic acid groups (broad SMARTS) is 1. The summed E-state index contributed by atoms with van der Waals surface area (Å²) in [6.07, 6.45) is -0.861.